The highest BCUT2D eigenvalue weighted by molar-refractivity contribution is 7.80. The Morgan fingerprint density at radius 3 is 2.62 bits per heavy atom. The van der Waals surface area contributed by atoms with Gasteiger partial charge in [0.15, 0.2) is 0 Å². The number of rotatable bonds is 5. The molecule has 0 aliphatic heterocycles. The van der Waals surface area contributed by atoms with Crippen molar-refractivity contribution in [2.45, 2.75) is 31.6 Å². The summed E-state index contributed by atoms with van der Waals surface area (Å²) in [6.45, 7) is 2.17. The van der Waals surface area contributed by atoms with Crippen molar-refractivity contribution < 1.29 is 4.74 Å². The highest BCUT2D eigenvalue weighted by Gasteiger charge is 2.02. The Hall–Kier alpha value is -0.630. The molecule has 0 heterocycles. The lowest BCUT2D eigenvalue weighted by atomic mass is 10.2. The monoisotopic (exact) mass is 196 g/mol. The van der Waals surface area contributed by atoms with Crippen molar-refractivity contribution in [3.63, 3.8) is 0 Å². The molecular weight excluding hydrogens is 180 g/mol. The quantitative estimate of drug-likeness (QED) is 0.560. The van der Waals surface area contributed by atoms with Crippen LogP contribution in [0.25, 0.3) is 0 Å². The number of hydrogen-bond donors (Lipinski definition) is 1. The van der Waals surface area contributed by atoms with E-state index in [-0.39, 0.29) is 5.44 Å². The predicted octanol–water partition coefficient (Wildman–Crippen LogP) is 3.51. The van der Waals surface area contributed by atoms with Crippen LogP contribution in [0, 0.1) is 0 Å². The molecule has 0 aliphatic carbocycles. The number of benzene rings is 1. The second-order valence-corrected chi connectivity index (χ2v) is 3.60. The van der Waals surface area contributed by atoms with E-state index in [9.17, 15) is 0 Å². The van der Waals surface area contributed by atoms with E-state index in [0.717, 1.165) is 12.2 Å². The normalized spacial score (nSPS) is 12.5. The lowest BCUT2D eigenvalue weighted by Gasteiger charge is -2.12. The summed E-state index contributed by atoms with van der Waals surface area (Å²) in [6.07, 6.45) is 3.37. The highest BCUT2D eigenvalue weighted by Crippen LogP contribution is 2.15. The van der Waals surface area contributed by atoms with Crippen LogP contribution in [0.2, 0.25) is 0 Å². The first-order valence-corrected chi connectivity index (χ1v) is 5.24. The van der Waals surface area contributed by atoms with E-state index in [1.54, 1.807) is 0 Å². The zero-order valence-corrected chi connectivity index (χ0v) is 8.84. The minimum Gasteiger partial charge on any atom is -0.480 e. The molecule has 0 radical (unpaired) electrons. The van der Waals surface area contributed by atoms with Gasteiger partial charge in [0.25, 0.3) is 0 Å². The Balaban J connectivity index is 2.32. The largest absolute Gasteiger partial charge is 0.480 e. The van der Waals surface area contributed by atoms with Gasteiger partial charge in [0, 0.05) is 0 Å². The molecule has 0 spiro atoms. The summed E-state index contributed by atoms with van der Waals surface area (Å²) in [5, 5.41) is 0. The molecular formula is C11H16OS. The Bertz CT molecular complexity index is 223. The summed E-state index contributed by atoms with van der Waals surface area (Å²) in [5.74, 6) is 0.901. The number of thiol groups is 1. The average molecular weight is 196 g/mol. The van der Waals surface area contributed by atoms with Crippen LogP contribution in [0.15, 0.2) is 30.3 Å². The van der Waals surface area contributed by atoms with Crippen LogP contribution in [-0.2, 0) is 0 Å². The molecule has 1 aromatic rings. The second kappa shape index (κ2) is 5.92. The smallest absolute Gasteiger partial charge is 0.141 e. The van der Waals surface area contributed by atoms with Crippen LogP contribution in [0.4, 0.5) is 0 Å². The minimum absolute atomic E-state index is 0.0300. The van der Waals surface area contributed by atoms with Gasteiger partial charge in [0.1, 0.15) is 11.2 Å². The summed E-state index contributed by atoms with van der Waals surface area (Å²) in [4.78, 5) is 0. The fourth-order valence-corrected chi connectivity index (χ4v) is 1.40. The van der Waals surface area contributed by atoms with Crippen molar-refractivity contribution in [2.75, 3.05) is 0 Å². The van der Waals surface area contributed by atoms with Gasteiger partial charge in [-0.3, -0.25) is 0 Å². The fourth-order valence-electron chi connectivity index (χ4n) is 1.09. The van der Waals surface area contributed by atoms with Gasteiger partial charge in [-0.25, -0.2) is 0 Å². The first kappa shape index (κ1) is 10.5. The summed E-state index contributed by atoms with van der Waals surface area (Å²) in [6, 6.07) is 9.82. The summed E-state index contributed by atoms with van der Waals surface area (Å²) < 4.78 is 5.58. The Morgan fingerprint density at radius 1 is 1.31 bits per heavy atom. The molecule has 0 aromatic heterocycles. The molecule has 0 amide bonds. The van der Waals surface area contributed by atoms with Crippen molar-refractivity contribution in [2.24, 2.45) is 0 Å². The standard InChI is InChI=1S/C11H16OS/c1-2-3-9-11(13)12-10-7-5-4-6-8-10/h4-8,11,13H,2-3,9H2,1H3/t11-/m1/s1. The maximum absolute atomic E-state index is 5.58. The molecule has 0 bridgehead atoms. The summed E-state index contributed by atoms with van der Waals surface area (Å²) in [5.41, 5.74) is 0.0300. The molecule has 0 aliphatic rings. The highest BCUT2D eigenvalue weighted by atomic mass is 32.1. The summed E-state index contributed by atoms with van der Waals surface area (Å²) in [7, 11) is 0. The van der Waals surface area contributed by atoms with Gasteiger partial charge in [-0.05, 0) is 25.0 Å². The molecule has 0 unspecified atom stereocenters. The molecule has 13 heavy (non-hydrogen) atoms. The fraction of sp³-hybridized carbons (Fsp3) is 0.455. The van der Waals surface area contributed by atoms with Crippen LogP contribution >= 0.6 is 12.6 Å². The van der Waals surface area contributed by atoms with E-state index in [4.69, 9.17) is 4.74 Å². The lowest BCUT2D eigenvalue weighted by Crippen LogP contribution is -2.08. The molecule has 0 saturated heterocycles. The van der Waals surface area contributed by atoms with Crippen LogP contribution < -0.4 is 4.74 Å². The van der Waals surface area contributed by atoms with Gasteiger partial charge in [-0.2, -0.15) is 0 Å². The second-order valence-electron chi connectivity index (χ2n) is 3.03. The Kier molecular flexibility index (Phi) is 4.76. The van der Waals surface area contributed by atoms with Crippen molar-refractivity contribution in [3.05, 3.63) is 30.3 Å². The number of unbranched alkanes of at least 4 members (excludes halogenated alkanes) is 1. The molecule has 0 N–H and O–H groups in total. The topological polar surface area (TPSA) is 9.23 Å². The van der Waals surface area contributed by atoms with Crippen LogP contribution in [0.1, 0.15) is 26.2 Å². The van der Waals surface area contributed by atoms with Gasteiger partial charge in [-0.15, -0.1) is 12.6 Å². The number of para-hydroxylation sites is 1. The maximum atomic E-state index is 5.58. The Labute approximate surface area is 85.5 Å². The molecule has 1 nitrogen and oxygen atoms in total. The van der Waals surface area contributed by atoms with E-state index in [0.29, 0.717) is 0 Å². The zero-order valence-electron chi connectivity index (χ0n) is 7.94. The minimum atomic E-state index is 0.0300. The molecule has 1 rings (SSSR count). The molecule has 1 aromatic carbocycles. The van der Waals surface area contributed by atoms with Gasteiger partial charge < -0.3 is 4.74 Å². The SMILES string of the molecule is CCCC[C@@H](S)Oc1ccccc1. The van der Waals surface area contributed by atoms with Crippen molar-refractivity contribution in [1.29, 1.82) is 0 Å². The van der Waals surface area contributed by atoms with Gasteiger partial charge >= 0.3 is 0 Å². The third-order valence-corrected chi connectivity index (χ3v) is 2.18. The molecule has 1 atom stereocenters. The average Bonchev–Trinajstić information content (AvgIpc) is 2.16. The van der Waals surface area contributed by atoms with E-state index in [2.05, 4.69) is 19.6 Å². The maximum Gasteiger partial charge on any atom is 0.141 e. The van der Waals surface area contributed by atoms with Gasteiger partial charge in [0.2, 0.25) is 0 Å². The van der Waals surface area contributed by atoms with Crippen molar-refractivity contribution in [1.82, 2.24) is 0 Å². The van der Waals surface area contributed by atoms with E-state index >= 15 is 0 Å². The third kappa shape index (κ3) is 4.23. The van der Waals surface area contributed by atoms with E-state index in [1.165, 1.54) is 12.8 Å². The van der Waals surface area contributed by atoms with E-state index < -0.39 is 0 Å². The number of hydrogen-bond acceptors (Lipinski definition) is 2. The zero-order chi connectivity index (χ0) is 9.52. The number of ether oxygens (including phenoxy) is 1. The molecule has 2 heteroatoms. The predicted molar refractivity (Wildman–Crippen MR) is 59.4 cm³/mol. The lowest BCUT2D eigenvalue weighted by molar-refractivity contribution is 0.275. The van der Waals surface area contributed by atoms with E-state index in [1.807, 2.05) is 30.3 Å². The third-order valence-electron chi connectivity index (χ3n) is 1.82. The van der Waals surface area contributed by atoms with Crippen molar-refractivity contribution in [3.8, 4) is 5.75 Å². The molecule has 0 saturated carbocycles. The molecule has 72 valence electrons. The van der Waals surface area contributed by atoms with Gasteiger partial charge in [-0.1, -0.05) is 31.5 Å². The first-order chi connectivity index (χ1) is 6.33. The van der Waals surface area contributed by atoms with Crippen LogP contribution in [0.3, 0.4) is 0 Å². The van der Waals surface area contributed by atoms with Crippen molar-refractivity contribution >= 4 is 12.6 Å². The Morgan fingerprint density at radius 2 is 2.00 bits per heavy atom. The molecule has 0 fully saturated rings. The summed E-state index contributed by atoms with van der Waals surface area (Å²) >= 11 is 4.35. The van der Waals surface area contributed by atoms with Gasteiger partial charge in [0.05, 0.1) is 0 Å². The van der Waals surface area contributed by atoms with Crippen LogP contribution in [0.5, 0.6) is 5.75 Å². The first-order valence-electron chi connectivity index (χ1n) is 4.72. The van der Waals surface area contributed by atoms with Crippen LogP contribution in [-0.4, -0.2) is 5.44 Å².